The molecule has 0 amide bonds. The zero-order valence-corrected chi connectivity index (χ0v) is 13.8. The monoisotopic (exact) mass is 292 g/mol. The van der Waals surface area contributed by atoms with E-state index >= 15 is 0 Å². The van der Waals surface area contributed by atoms with Gasteiger partial charge in [0.2, 0.25) is 17.8 Å². The van der Waals surface area contributed by atoms with Gasteiger partial charge in [0, 0.05) is 33.2 Å². The van der Waals surface area contributed by atoms with Crippen molar-refractivity contribution in [3.63, 3.8) is 0 Å². The Morgan fingerprint density at radius 2 is 1.71 bits per heavy atom. The van der Waals surface area contributed by atoms with Crippen LogP contribution in [0.3, 0.4) is 0 Å². The van der Waals surface area contributed by atoms with Crippen molar-refractivity contribution in [2.24, 2.45) is 0 Å². The van der Waals surface area contributed by atoms with Crippen molar-refractivity contribution in [2.75, 3.05) is 42.3 Å². The molecule has 0 atom stereocenters. The van der Waals surface area contributed by atoms with E-state index < -0.39 is 0 Å². The number of nitrogens with zero attached hydrogens (tertiary/aromatic N) is 5. The first-order valence-corrected chi connectivity index (χ1v) is 8.09. The maximum absolute atomic E-state index is 4.65. The topological polar surface area (TPSA) is 57.2 Å². The molecule has 1 N–H and O–H groups in total. The number of aromatic nitrogens is 3. The summed E-state index contributed by atoms with van der Waals surface area (Å²) in [5.74, 6) is 2.21. The number of rotatable bonds is 7. The Kier molecular flexibility index (Phi) is 5.59. The second kappa shape index (κ2) is 7.43. The molecule has 0 unspecified atom stereocenters. The summed E-state index contributed by atoms with van der Waals surface area (Å²) in [7, 11) is 3.93. The van der Waals surface area contributed by atoms with Gasteiger partial charge < -0.3 is 15.1 Å². The van der Waals surface area contributed by atoms with E-state index in [4.69, 9.17) is 0 Å². The van der Waals surface area contributed by atoms with E-state index in [0.29, 0.717) is 12.0 Å². The van der Waals surface area contributed by atoms with E-state index in [9.17, 15) is 0 Å². The van der Waals surface area contributed by atoms with Crippen molar-refractivity contribution in [1.82, 2.24) is 15.0 Å². The molecule has 0 saturated heterocycles. The number of nitrogens with one attached hydrogen (secondary N) is 1. The van der Waals surface area contributed by atoms with Crippen molar-refractivity contribution < 1.29 is 0 Å². The summed E-state index contributed by atoms with van der Waals surface area (Å²) in [5.41, 5.74) is 0. The third kappa shape index (κ3) is 3.95. The van der Waals surface area contributed by atoms with Gasteiger partial charge in [0.15, 0.2) is 0 Å². The lowest BCUT2D eigenvalue weighted by atomic mass is 10.2. The minimum Gasteiger partial charge on any atom is -0.354 e. The second-order valence-electron chi connectivity index (χ2n) is 5.80. The van der Waals surface area contributed by atoms with E-state index in [1.165, 1.54) is 25.7 Å². The first-order chi connectivity index (χ1) is 10.2. The maximum atomic E-state index is 4.65. The molecule has 1 aliphatic carbocycles. The van der Waals surface area contributed by atoms with Gasteiger partial charge in [-0.3, -0.25) is 0 Å². The summed E-state index contributed by atoms with van der Waals surface area (Å²) in [4.78, 5) is 18.0. The number of hydrogen-bond acceptors (Lipinski definition) is 6. The molecule has 6 nitrogen and oxygen atoms in total. The van der Waals surface area contributed by atoms with Crippen LogP contribution in [-0.4, -0.2) is 48.2 Å². The third-order valence-electron chi connectivity index (χ3n) is 3.91. The molecule has 0 aliphatic heterocycles. The molecule has 1 aliphatic rings. The molecule has 0 spiro atoms. The molecule has 0 radical (unpaired) electrons. The van der Waals surface area contributed by atoms with Gasteiger partial charge in [0.25, 0.3) is 0 Å². The van der Waals surface area contributed by atoms with E-state index in [1.807, 2.05) is 19.0 Å². The Labute approximate surface area is 128 Å². The molecule has 0 aromatic carbocycles. The van der Waals surface area contributed by atoms with Crippen molar-refractivity contribution in [2.45, 2.75) is 52.0 Å². The van der Waals surface area contributed by atoms with Crippen LogP contribution in [0.15, 0.2) is 0 Å². The lowest BCUT2D eigenvalue weighted by Gasteiger charge is -2.28. The highest BCUT2D eigenvalue weighted by molar-refractivity contribution is 5.45. The first-order valence-electron chi connectivity index (χ1n) is 8.09. The molecular formula is C15H28N6. The maximum Gasteiger partial charge on any atom is 0.232 e. The van der Waals surface area contributed by atoms with Crippen LogP contribution < -0.4 is 15.1 Å². The second-order valence-corrected chi connectivity index (χ2v) is 5.80. The van der Waals surface area contributed by atoms with Gasteiger partial charge in [-0.25, -0.2) is 0 Å². The van der Waals surface area contributed by atoms with Crippen molar-refractivity contribution in [1.29, 1.82) is 0 Å². The predicted molar refractivity (Wildman–Crippen MR) is 88.2 cm³/mol. The smallest absolute Gasteiger partial charge is 0.232 e. The molecule has 2 rings (SSSR count). The zero-order chi connectivity index (χ0) is 15.2. The third-order valence-corrected chi connectivity index (χ3v) is 3.91. The first kappa shape index (κ1) is 15.8. The summed E-state index contributed by atoms with van der Waals surface area (Å²) < 4.78 is 0. The van der Waals surface area contributed by atoms with Gasteiger partial charge in [-0.15, -0.1) is 0 Å². The van der Waals surface area contributed by atoms with Crippen LogP contribution in [0.5, 0.6) is 0 Å². The Bertz CT molecular complexity index is 442. The fourth-order valence-electron chi connectivity index (χ4n) is 2.78. The summed E-state index contributed by atoms with van der Waals surface area (Å²) in [6.45, 7) is 6.13. The summed E-state index contributed by atoms with van der Waals surface area (Å²) in [5, 5.41) is 3.28. The van der Waals surface area contributed by atoms with E-state index in [1.54, 1.807) is 0 Å². The largest absolute Gasteiger partial charge is 0.354 e. The molecule has 1 aromatic rings. The van der Waals surface area contributed by atoms with E-state index in [0.717, 1.165) is 31.4 Å². The lowest BCUT2D eigenvalue weighted by Crippen LogP contribution is -2.35. The van der Waals surface area contributed by atoms with Gasteiger partial charge in [-0.1, -0.05) is 19.8 Å². The normalized spacial score (nSPS) is 15.2. The van der Waals surface area contributed by atoms with Crippen LogP contribution in [-0.2, 0) is 0 Å². The SMILES string of the molecule is CCCNc1nc(N(C)C)nc(N(CC)C2CCCC2)n1. The number of hydrogen-bond donors (Lipinski definition) is 1. The Morgan fingerprint density at radius 3 is 2.29 bits per heavy atom. The van der Waals surface area contributed by atoms with Crippen molar-refractivity contribution >= 4 is 17.8 Å². The average Bonchev–Trinajstić information content (AvgIpc) is 2.99. The van der Waals surface area contributed by atoms with Gasteiger partial charge in [0.05, 0.1) is 0 Å². The zero-order valence-electron chi connectivity index (χ0n) is 13.8. The van der Waals surface area contributed by atoms with E-state index in [2.05, 4.69) is 39.0 Å². The molecule has 1 heterocycles. The van der Waals surface area contributed by atoms with Crippen LogP contribution in [0.25, 0.3) is 0 Å². The summed E-state index contributed by atoms with van der Waals surface area (Å²) in [6, 6.07) is 0.575. The number of anilines is 3. The van der Waals surface area contributed by atoms with Crippen molar-refractivity contribution in [3.05, 3.63) is 0 Å². The minimum absolute atomic E-state index is 0.575. The minimum atomic E-state index is 0.575. The van der Waals surface area contributed by atoms with E-state index in [-0.39, 0.29) is 0 Å². The fourth-order valence-corrected chi connectivity index (χ4v) is 2.78. The van der Waals surface area contributed by atoms with Gasteiger partial charge in [-0.2, -0.15) is 15.0 Å². The van der Waals surface area contributed by atoms with Gasteiger partial charge >= 0.3 is 0 Å². The van der Waals surface area contributed by atoms with Gasteiger partial charge in [0.1, 0.15) is 0 Å². The fraction of sp³-hybridized carbons (Fsp3) is 0.800. The van der Waals surface area contributed by atoms with Gasteiger partial charge in [-0.05, 0) is 26.2 Å². The van der Waals surface area contributed by atoms with Crippen LogP contribution in [0.4, 0.5) is 17.8 Å². The molecular weight excluding hydrogens is 264 g/mol. The lowest BCUT2D eigenvalue weighted by molar-refractivity contribution is 0.603. The van der Waals surface area contributed by atoms with Crippen molar-refractivity contribution in [3.8, 4) is 0 Å². The Balaban J connectivity index is 2.28. The summed E-state index contributed by atoms with van der Waals surface area (Å²) >= 11 is 0. The molecule has 6 heteroatoms. The standard InChI is InChI=1S/C15H28N6/c1-5-11-16-13-17-14(20(3)4)19-15(18-13)21(6-2)12-9-7-8-10-12/h12H,5-11H2,1-4H3,(H,16,17,18,19). The van der Waals surface area contributed by atoms with Crippen LogP contribution >= 0.6 is 0 Å². The van der Waals surface area contributed by atoms with Crippen LogP contribution in [0, 0.1) is 0 Å². The van der Waals surface area contributed by atoms with Crippen LogP contribution in [0.2, 0.25) is 0 Å². The Hall–Kier alpha value is -1.59. The highest BCUT2D eigenvalue weighted by atomic mass is 15.4. The molecule has 21 heavy (non-hydrogen) atoms. The molecule has 1 fully saturated rings. The predicted octanol–water partition coefficient (Wildman–Crippen LogP) is 2.53. The highest BCUT2D eigenvalue weighted by Crippen LogP contribution is 2.27. The quantitative estimate of drug-likeness (QED) is 0.833. The molecule has 1 saturated carbocycles. The molecule has 0 bridgehead atoms. The average molecular weight is 292 g/mol. The Morgan fingerprint density at radius 1 is 1.05 bits per heavy atom. The highest BCUT2D eigenvalue weighted by Gasteiger charge is 2.24. The molecule has 118 valence electrons. The summed E-state index contributed by atoms with van der Waals surface area (Å²) in [6.07, 6.45) is 6.17. The molecule has 1 aromatic heterocycles. The van der Waals surface area contributed by atoms with Crippen LogP contribution in [0.1, 0.15) is 46.0 Å².